The van der Waals surface area contributed by atoms with Crippen LogP contribution in [0.5, 0.6) is 11.5 Å². The van der Waals surface area contributed by atoms with Gasteiger partial charge in [0.05, 0.1) is 25.5 Å². The van der Waals surface area contributed by atoms with Crippen molar-refractivity contribution < 1.29 is 22.7 Å². The van der Waals surface area contributed by atoms with Crippen molar-refractivity contribution in [3.8, 4) is 22.6 Å². The second-order valence-electron chi connectivity index (χ2n) is 8.43. The number of hydrogen-bond donors (Lipinski definition) is 2. The van der Waals surface area contributed by atoms with Crippen LogP contribution in [0.15, 0.2) is 95.9 Å². The summed E-state index contributed by atoms with van der Waals surface area (Å²) in [6, 6.07) is 26.2. The second-order valence-corrected chi connectivity index (χ2v) is 10.6. The van der Waals surface area contributed by atoms with Crippen LogP contribution in [-0.4, -0.2) is 28.5 Å². The number of hydrogen-bond acceptors (Lipinski definition) is 5. The van der Waals surface area contributed by atoms with E-state index in [-0.39, 0.29) is 23.8 Å². The lowest BCUT2D eigenvalue weighted by Gasteiger charge is -2.16. The number of nitrogens with one attached hydrogen (secondary N) is 2. The van der Waals surface area contributed by atoms with Gasteiger partial charge in [0.25, 0.3) is 0 Å². The van der Waals surface area contributed by atoms with Crippen molar-refractivity contribution in [2.45, 2.75) is 17.9 Å². The van der Waals surface area contributed by atoms with Crippen LogP contribution in [0, 0.1) is 0 Å². The number of amides is 1. The number of methoxy groups -OCH3 is 2. The highest BCUT2D eigenvalue weighted by Crippen LogP contribution is 2.31. The molecule has 196 valence electrons. The van der Waals surface area contributed by atoms with E-state index in [1.807, 2.05) is 30.3 Å². The van der Waals surface area contributed by atoms with Crippen molar-refractivity contribution in [1.29, 1.82) is 0 Å². The fourth-order valence-electron chi connectivity index (χ4n) is 3.96. The van der Waals surface area contributed by atoms with Crippen LogP contribution in [0.4, 0.5) is 5.69 Å². The van der Waals surface area contributed by atoms with E-state index < -0.39 is 10.0 Å². The van der Waals surface area contributed by atoms with E-state index in [4.69, 9.17) is 21.1 Å². The number of anilines is 1. The van der Waals surface area contributed by atoms with Crippen LogP contribution < -0.4 is 19.5 Å². The molecule has 7 nitrogen and oxygen atoms in total. The Balaban J connectivity index is 1.63. The highest BCUT2D eigenvalue weighted by molar-refractivity contribution is 7.89. The molecule has 0 bridgehead atoms. The molecule has 0 spiro atoms. The molecule has 4 aromatic rings. The Morgan fingerprint density at radius 2 is 1.66 bits per heavy atom. The maximum atomic E-state index is 13.6. The van der Waals surface area contributed by atoms with Gasteiger partial charge in [0.2, 0.25) is 15.9 Å². The lowest BCUT2D eigenvalue weighted by atomic mass is 10.1. The topological polar surface area (TPSA) is 93.7 Å². The van der Waals surface area contributed by atoms with Crippen LogP contribution in [-0.2, 0) is 27.8 Å². The molecule has 0 aliphatic heterocycles. The van der Waals surface area contributed by atoms with Gasteiger partial charge in [-0.2, -0.15) is 0 Å². The van der Waals surface area contributed by atoms with E-state index in [2.05, 4.69) is 10.0 Å². The highest BCUT2D eigenvalue weighted by Gasteiger charge is 2.21. The summed E-state index contributed by atoms with van der Waals surface area (Å²) in [6.45, 7) is -0.00488. The number of halogens is 1. The van der Waals surface area contributed by atoms with Crippen LogP contribution in [0.2, 0.25) is 5.02 Å². The summed E-state index contributed by atoms with van der Waals surface area (Å²) in [4.78, 5) is 12.7. The van der Waals surface area contributed by atoms with E-state index in [9.17, 15) is 13.2 Å². The van der Waals surface area contributed by atoms with Crippen molar-refractivity contribution in [2.24, 2.45) is 0 Å². The summed E-state index contributed by atoms with van der Waals surface area (Å²) < 4.78 is 40.5. The first-order valence-electron chi connectivity index (χ1n) is 11.7. The maximum absolute atomic E-state index is 13.6. The lowest BCUT2D eigenvalue weighted by Crippen LogP contribution is -2.24. The molecule has 0 saturated heterocycles. The van der Waals surface area contributed by atoms with E-state index in [0.29, 0.717) is 33.3 Å². The van der Waals surface area contributed by atoms with Gasteiger partial charge in [-0.15, -0.1) is 0 Å². The first-order chi connectivity index (χ1) is 18.3. The fraction of sp³-hybridized carbons (Fsp3) is 0.138. The van der Waals surface area contributed by atoms with E-state index in [1.54, 1.807) is 61.7 Å². The molecular formula is C29H27ClN2O5S. The van der Waals surface area contributed by atoms with Gasteiger partial charge in [-0.3, -0.25) is 4.79 Å². The Labute approximate surface area is 227 Å². The summed E-state index contributed by atoms with van der Waals surface area (Å²) >= 11 is 6.02. The third-order valence-corrected chi connectivity index (χ3v) is 7.52. The predicted molar refractivity (Wildman–Crippen MR) is 149 cm³/mol. The number of carbonyl (C=O) groups is 1. The Morgan fingerprint density at radius 3 is 2.37 bits per heavy atom. The molecule has 0 unspecified atom stereocenters. The highest BCUT2D eigenvalue weighted by atomic mass is 35.5. The summed E-state index contributed by atoms with van der Waals surface area (Å²) in [5, 5.41) is 3.34. The monoisotopic (exact) mass is 550 g/mol. The molecule has 1 amide bonds. The van der Waals surface area contributed by atoms with Gasteiger partial charge in [-0.05, 0) is 41.5 Å². The normalized spacial score (nSPS) is 11.1. The Morgan fingerprint density at radius 1 is 0.868 bits per heavy atom. The summed E-state index contributed by atoms with van der Waals surface area (Å²) in [7, 11) is -0.952. The zero-order valence-corrected chi connectivity index (χ0v) is 22.5. The number of rotatable bonds is 10. The zero-order chi connectivity index (χ0) is 27.1. The quantitative estimate of drug-likeness (QED) is 0.265. The number of sulfonamides is 1. The van der Waals surface area contributed by atoms with Gasteiger partial charge < -0.3 is 14.8 Å². The largest absolute Gasteiger partial charge is 0.497 e. The zero-order valence-electron chi connectivity index (χ0n) is 20.9. The fourth-order valence-corrected chi connectivity index (χ4v) is 5.44. The Kier molecular flexibility index (Phi) is 8.68. The van der Waals surface area contributed by atoms with Gasteiger partial charge in [0.1, 0.15) is 11.5 Å². The van der Waals surface area contributed by atoms with Crippen molar-refractivity contribution >= 4 is 33.2 Å². The van der Waals surface area contributed by atoms with Crippen LogP contribution >= 0.6 is 11.6 Å². The molecular weight excluding hydrogens is 524 g/mol. The van der Waals surface area contributed by atoms with Gasteiger partial charge in [-0.25, -0.2) is 13.1 Å². The number of ether oxygens (including phenoxy) is 2. The molecule has 0 fully saturated rings. The molecule has 0 atom stereocenters. The number of benzene rings is 4. The van der Waals surface area contributed by atoms with E-state index in [0.717, 1.165) is 11.1 Å². The molecule has 2 N–H and O–H groups in total. The van der Waals surface area contributed by atoms with Gasteiger partial charge in [-0.1, -0.05) is 66.2 Å². The molecule has 0 heterocycles. The van der Waals surface area contributed by atoms with Crippen LogP contribution in [0.1, 0.15) is 11.1 Å². The third-order valence-electron chi connectivity index (χ3n) is 5.84. The molecule has 9 heteroatoms. The standard InChI is InChI=1S/C29H27ClN2O5S/c1-36-25-13-11-22(27(18-25)37-2)19-31-38(34,35)28-17-24(12-14-26(28)21-8-4-3-5-9-21)32-29(33)16-20-7-6-10-23(30)15-20/h3-15,17-18,31H,16,19H2,1-2H3,(H,32,33). The lowest BCUT2D eigenvalue weighted by molar-refractivity contribution is -0.115. The molecule has 4 aromatic carbocycles. The molecule has 0 aliphatic rings. The van der Waals surface area contributed by atoms with Gasteiger partial charge in [0.15, 0.2) is 0 Å². The van der Waals surface area contributed by atoms with Crippen molar-refractivity contribution in [3.05, 3.63) is 107 Å². The van der Waals surface area contributed by atoms with Crippen molar-refractivity contribution in [2.75, 3.05) is 19.5 Å². The Hall–Kier alpha value is -3.85. The molecule has 38 heavy (non-hydrogen) atoms. The Bertz CT molecular complexity index is 1540. The maximum Gasteiger partial charge on any atom is 0.241 e. The minimum atomic E-state index is -4.01. The van der Waals surface area contributed by atoms with E-state index >= 15 is 0 Å². The second kappa shape index (κ2) is 12.1. The summed E-state index contributed by atoms with van der Waals surface area (Å²) in [5.41, 5.74) is 2.99. The smallest absolute Gasteiger partial charge is 0.241 e. The average molecular weight is 551 g/mol. The minimum Gasteiger partial charge on any atom is -0.497 e. The van der Waals surface area contributed by atoms with Crippen molar-refractivity contribution in [1.82, 2.24) is 4.72 Å². The summed E-state index contributed by atoms with van der Waals surface area (Å²) in [6.07, 6.45) is 0.0958. The average Bonchev–Trinajstić information content (AvgIpc) is 2.92. The van der Waals surface area contributed by atoms with Gasteiger partial charge >= 0.3 is 0 Å². The molecule has 0 aromatic heterocycles. The predicted octanol–water partition coefficient (Wildman–Crippen LogP) is 5.68. The summed E-state index contributed by atoms with van der Waals surface area (Å²) in [5.74, 6) is 0.803. The van der Waals surface area contributed by atoms with Crippen LogP contribution in [0.25, 0.3) is 11.1 Å². The third kappa shape index (κ3) is 6.72. The molecule has 4 rings (SSSR count). The SMILES string of the molecule is COc1ccc(CNS(=O)(=O)c2cc(NC(=O)Cc3cccc(Cl)c3)ccc2-c2ccccc2)c(OC)c1. The van der Waals surface area contributed by atoms with Gasteiger partial charge in [0, 0.05) is 34.4 Å². The van der Waals surface area contributed by atoms with Crippen molar-refractivity contribution in [3.63, 3.8) is 0 Å². The first kappa shape index (κ1) is 27.2. The molecule has 0 saturated carbocycles. The molecule has 0 radical (unpaired) electrons. The first-order valence-corrected chi connectivity index (χ1v) is 13.6. The number of carbonyl (C=O) groups excluding carboxylic acids is 1. The minimum absolute atomic E-state index is 0.00488. The molecule has 0 aliphatic carbocycles. The van der Waals surface area contributed by atoms with Crippen LogP contribution in [0.3, 0.4) is 0 Å². The van der Waals surface area contributed by atoms with E-state index in [1.165, 1.54) is 13.2 Å².